The monoisotopic (exact) mass is 391 g/mol. The van der Waals surface area contributed by atoms with Gasteiger partial charge in [0.1, 0.15) is 24.1 Å². The Labute approximate surface area is 165 Å². The first-order valence-corrected chi connectivity index (χ1v) is 9.70. The lowest BCUT2D eigenvalue weighted by atomic mass is 9.99. The number of likely N-dealkylation sites (tertiary alicyclic amines) is 1. The van der Waals surface area contributed by atoms with E-state index >= 15 is 0 Å². The molecule has 0 aromatic carbocycles. The van der Waals surface area contributed by atoms with Gasteiger partial charge in [0.2, 0.25) is 17.7 Å². The molecular weight excluding hydrogens is 362 g/mol. The van der Waals surface area contributed by atoms with E-state index in [4.69, 9.17) is 4.74 Å². The second kappa shape index (κ2) is 10.1. The van der Waals surface area contributed by atoms with Crippen LogP contribution < -0.4 is 10.6 Å². The van der Waals surface area contributed by atoms with Crippen LogP contribution >= 0.6 is 0 Å². The van der Waals surface area contributed by atoms with E-state index in [1.54, 1.807) is 33.1 Å². The van der Waals surface area contributed by atoms with E-state index in [0.29, 0.717) is 44.3 Å². The van der Waals surface area contributed by atoms with Crippen molar-refractivity contribution in [1.82, 2.24) is 15.5 Å². The van der Waals surface area contributed by atoms with Crippen molar-refractivity contribution in [3.63, 3.8) is 0 Å². The number of aldehydes is 1. The maximum Gasteiger partial charge on any atom is 0.245 e. The predicted molar refractivity (Wildman–Crippen MR) is 103 cm³/mol. The van der Waals surface area contributed by atoms with Crippen LogP contribution in [0.4, 0.5) is 0 Å². The van der Waals surface area contributed by atoms with Gasteiger partial charge in [0, 0.05) is 6.54 Å². The molecule has 28 heavy (non-hydrogen) atoms. The summed E-state index contributed by atoms with van der Waals surface area (Å²) in [7, 11) is 1.57. The van der Waals surface area contributed by atoms with Gasteiger partial charge >= 0.3 is 0 Å². The highest BCUT2D eigenvalue weighted by Gasteiger charge is 2.37. The molecule has 4 unspecified atom stereocenters. The van der Waals surface area contributed by atoms with Crippen molar-refractivity contribution in [1.29, 1.82) is 0 Å². The average molecular weight is 391 g/mol. The molecule has 2 rings (SSSR count). The summed E-state index contributed by atoms with van der Waals surface area (Å²) in [5.74, 6) is -0.505. The van der Waals surface area contributed by atoms with Crippen LogP contribution in [0.5, 0.6) is 0 Å². The number of carbonyl (C=O) groups is 4. The Morgan fingerprint density at radius 2 is 2.07 bits per heavy atom. The van der Waals surface area contributed by atoms with Crippen LogP contribution in [0.15, 0.2) is 24.0 Å². The quantitative estimate of drug-likeness (QED) is 0.592. The van der Waals surface area contributed by atoms with E-state index in [1.165, 1.54) is 4.90 Å². The molecule has 1 aliphatic carbocycles. The van der Waals surface area contributed by atoms with Gasteiger partial charge in [-0.05, 0) is 44.8 Å². The summed E-state index contributed by atoms with van der Waals surface area (Å²) in [6.45, 7) is 3.88. The molecule has 2 aliphatic rings. The molecule has 3 amide bonds. The lowest BCUT2D eigenvalue weighted by Crippen LogP contribution is -2.54. The maximum absolute atomic E-state index is 12.8. The molecule has 1 saturated heterocycles. The summed E-state index contributed by atoms with van der Waals surface area (Å²) in [4.78, 5) is 50.2. The van der Waals surface area contributed by atoms with Crippen molar-refractivity contribution < 1.29 is 23.9 Å². The summed E-state index contributed by atoms with van der Waals surface area (Å²) < 4.78 is 5.11. The van der Waals surface area contributed by atoms with Crippen molar-refractivity contribution in [2.24, 2.45) is 5.92 Å². The molecule has 1 aliphatic heterocycles. The molecule has 0 radical (unpaired) electrons. The Morgan fingerprint density at radius 3 is 2.64 bits per heavy atom. The SMILES string of the molecule is CCC(C=O)NC(=O)C1CCCN1C(=O)C(C)NC(=O)C1C=CC(OC)=CC1. The minimum atomic E-state index is -0.741. The zero-order valence-electron chi connectivity index (χ0n) is 16.6. The van der Waals surface area contributed by atoms with E-state index in [-0.39, 0.29) is 23.6 Å². The number of nitrogens with zero attached hydrogens (tertiary/aromatic N) is 1. The molecule has 1 heterocycles. The largest absolute Gasteiger partial charge is 0.497 e. The van der Waals surface area contributed by atoms with Crippen LogP contribution in [-0.4, -0.2) is 60.7 Å². The topological polar surface area (TPSA) is 105 Å². The smallest absolute Gasteiger partial charge is 0.245 e. The molecule has 8 nitrogen and oxygen atoms in total. The van der Waals surface area contributed by atoms with Gasteiger partial charge in [0.05, 0.1) is 19.1 Å². The number of hydrogen-bond acceptors (Lipinski definition) is 5. The first-order valence-electron chi connectivity index (χ1n) is 9.70. The van der Waals surface area contributed by atoms with Gasteiger partial charge in [0.15, 0.2) is 0 Å². The molecule has 2 N–H and O–H groups in total. The summed E-state index contributed by atoms with van der Waals surface area (Å²) in [5.41, 5.74) is 0. The molecule has 0 saturated carbocycles. The zero-order chi connectivity index (χ0) is 20.7. The van der Waals surface area contributed by atoms with Gasteiger partial charge in [-0.3, -0.25) is 14.4 Å². The third kappa shape index (κ3) is 5.21. The molecule has 0 spiro atoms. The average Bonchev–Trinajstić information content (AvgIpc) is 3.21. The van der Waals surface area contributed by atoms with Crippen molar-refractivity contribution in [3.8, 4) is 0 Å². The summed E-state index contributed by atoms with van der Waals surface area (Å²) in [6, 6.07) is -1.90. The highest BCUT2D eigenvalue weighted by atomic mass is 16.5. The number of carbonyl (C=O) groups excluding carboxylic acids is 4. The zero-order valence-corrected chi connectivity index (χ0v) is 16.6. The Hall–Kier alpha value is -2.64. The summed E-state index contributed by atoms with van der Waals surface area (Å²) in [6.07, 6.45) is 8.27. The number of hydrogen-bond donors (Lipinski definition) is 2. The Morgan fingerprint density at radius 1 is 1.32 bits per heavy atom. The van der Waals surface area contributed by atoms with Crippen LogP contribution in [0.2, 0.25) is 0 Å². The fourth-order valence-electron chi connectivity index (χ4n) is 3.39. The van der Waals surface area contributed by atoms with E-state index in [9.17, 15) is 19.2 Å². The fourth-order valence-corrected chi connectivity index (χ4v) is 3.39. The third-order valence-corrected chi connectivity index (χ3v) is 5.14. The van der Waals surface area contributed by atoms with Crippen molar-refractivity contribution in [2.75, 3.05) is 13.7 Å². The van der Waals surface area contributed by atoms with Gasteiger partial charge in [0.25, 0.3) is 0 Å². The van der Waals surface area contributed by atoms with Crippen molar-refractivity contribution >= 4 is 24.0 Å². The predicted octanol–water partition coefficient (Wildman–Crippen LogP) is 0.682. The molecule has 0 aromatic heterocycles. The van der Waals surface area contributed by atoms with E-state index in [0.717, 1.165) is 0 Å². The second-order valence-electron chi connectivity index (χ2n) is 7.09. The molecule has 8 heteroatoms. The summed E-state index contributed by atoms with van der Waals surface area (Å²) >= 11 is 0. The fraction of sp³-hybridized carbons (Fsp3) is 0.600. The molecule has 0 aromatic rings. The van der Waals surface area contributed by atoms with Gasteiger partial charge in [-0.25, -0.2) is 0 Å². The molecule has 154 valence electrons. The minimum Gasteiger partial charge on any atom is -0.497 e. The number of amides is 3. The normalized spacial score (nSPS) is 23.4. The minimum absolute atomic E-state index is 0.240. The number of allylic oxidation sites excluding steroid dienone is 2. The molecular formula is C20H29N3O5. The van der Waals surface area contributed by atoms with Crippen LogP contribution in [-0.2, 0) is 23.9 Å². The van der Waals surface area contributed by atoms with Gasteiger partial charge in [-0.15, -0.1) is 0 Å². The van der Waals surface area contributed by atoms with E-state index in [2.05, 4.69) is 10.6 Å². The number of ether oxygens (including phenoxy) is 1. The van der Waals surface area contributed by atoms with Crippen molar-refractivity contribution in [3.05, 3.63) is 24.0 Å². The maximum atomic E-state index is 12.8. The highest BCUT2D eigenvalue weighted by Crippen LogP contribution is 2.20. The van der Waals surface area contributed by atoms with E-state index < -0.39 is 18.1 Å². The van der Waals surface area contributed by atoms with Crippen LogP contribution in [0, 0.1) is 5.92 Å². The Bertz CT molecular complexity index is 673. The van der Waals surface area contributed by atoms with E-state index in [1.807, 2.05) is 6.08 Å². The van der Waals surface area contributed by atoms with Gasteiger partial charge in [-0.1, -0.05) is 13.0 Å². The van der Waals surface area contributed by atoms with Gasteiger partial charge in [-0.2, -0.15) is 0 Å². The first kappa shape index (κ1) is 21.7. The lowest BCUT2D eigenvalue weighted by Gasteiger charge is -2.28. The number of nitrogens with one attached hydrogen (secondary N) is 2. The standard InChI is InChI=1S/C20H29N3O5/c1-4-15(12-24)22-19(26)17-6-5-11-23(17)20(27)13(2)21-18(25)14-7-9-16(28-3)10-8-14/h7,9-10,12-15,17H,4-6,8,11H2,1-3H3,(H,21,25)(H,22,26). The Balaban J connectivity index is 1.93. The molecule has 1 fully saturated rings. The second-order valence-corrected chi connectivity index (χ2v) is 7.09. The number of methoxy groups -OCH3 is 1. The Kier molecular flexibility index (Phi) is 7.78. The van der Waals surface area contributed by atoms with Crippen LogP contribution in [0.3, 0.4) is 0 Å². The molecule has 0 bridgehead atoms. The number of rotatable bonds is 8. The van der Waals surface area contributed by atoms with Gasteiger partial charge < -0.3 is 25.1 Å². The summed E-state index contributed by atoms with van der Waals surface area (Å²) in [5, 5.41) is 5.41. The third-order valence-electron chi connectivity index (χ3n) is 5.14. The first-order chi connectivity index (χ1) is 13.4. The van der Waals surface area contributed by atoms with Crippen molar-refractivity contribution in [2.45, 2.75) is 57.7 Å². The van der Waals surface area contributed by atoms with Crippen LogP contribution in [0.1, 0.15) is 39.5 Å². The lowest BCUT2D eigenvalue weighted by molar-refractivity contribution is -0.141. The highest BCUT2D eigenvalue weighted by molar-refractivity contribution is 5.93. The molecule has 4 atom stereocenters. The van der Waals surface area contributed by atoms with Crippen LogP contribution in [0.25, 0.3) is 0 Å².